The molecule has 1 N–H and O–H groups in total. The summed E-state index contributed by atoms with van der Waals surface area (Å²) in [5, 5.41) is 3.05. The van der Waals surface area contributed by atoms with E-state index in [9.17, 15) is 18.0 Å². The number of nitrogens with zero attached hydrogens (tertiary/aromatic N) is 2. The van der Waals surface area contributed by atoms with Crippen molar-refractivity contribution >= 4 is 27.5 Å². The molecule has 0 spiro atoms. The van der Waals surface area contributed by atoms with Crippen molar-refractivity contribution in [1.29, 1.82) is 0 Å². The number of hydrogen-bond donors (Lipinski definition) is 1. The van der Waals surface area contributed by atoms with E-state index in [1.54, 1.807) is 12.1 Å². The highest BCUT2D eigenvalue weighted by Crippen LogP contribution is 2.22. The van der Waals surface area contributed by atoms with Gasteiger partial charge in [-0.2, -0.15) is 0 Å². The molecule has 0 unspecified atom stereocenters. The highest BCUT2D eigenvalue weighted by atomic mass is 32.2. The molecule has 0 saturated heterocycles. The first-order chi connectivity index (χ1) is 19.0. The number of benzene rings is 3. The smallest absolute Gasteiger partial charge is 0.244 e. The first-order valence-corrected chi connectivity index (χ1v) is 15.6. The summed E-state index contributed by atoms with van der Waals surface area (Å²) in [5.41, 5.74) is 4.26. The molecule has 2 amide bonds. The molecule has 0 radical (unpaired) electrons. The van der Waals surface area contributed by atoms with Gasteiger partial charge >= 0.3 is 0 Å². The second-order valence-corrected chi connectivity index (χ2v) is 12.2. The molecule has 2 atom stereocenters. The van der Waals surface area contributed by atoms with Crippen molar-refractivity contribution in [3.05, 3.63) is 101 Å². The third kappa shape index (κ3) is 8.42. The van der Waals surface area contributed by atoms with Crippen molar-refractivity contribution < 1.29 is 18.0 Å². The predicted molar refractivity (Wildman–Crippen MR) is 162 cm³/mol. The molecule has 0 saturated carbocycles. The maximum atomic E-state index is 14.1. The van der Waals surface area contributed by atoms with Crippen LogP contribution in [0.3, 0.4) is 0 Å². The lowest BCUT2D eigenvalue weighted by Crippen LogP contribution is -2.54. The predicted octanol–water partition coefficient (Wildman–Crippen LogP) is 4.88. The summed E-state index contributed by atoms with van der Waals surface area (Å²) < 4.78 is 26.9. The highest BCUT2D eigenvalue weighted by molar-refractivity contribution is 7.92. The molecule has 3 aromatic rings. The van der Waals surface area contributed by atoms with E-state index in [0.29, 0.717) is 12.1 Å². The number of carbonyl (C=O) groups excluding carboxylic acids is 2. The molecular formula is C32H41N3O4S. The molecule has 214 valence electrons. The minimum Gasteiger partial charge on any atom is -0.352 e. The van der Waals surface area contributed by atoms with Crippen LogP contribution in [0.15, 0.2) is 78.9 Å². The van der Waals surface area contributed by atoms with Gasteiger partial charge in [-0.15, -0.1) is 0 Å². The molecule has 3 rings (SSSR count). The van der Waals surface area contributed by atoms with Crippen LogP contribution < -0.4 is 9.62 Å². The van der Waals surface area contributed by atoms with Gasteiger partial charge in [0.1, 0.15) is 12.6 Å². The van der Waals surface area contributed by atoms with Crippen molar-refractivity contribution in [2.75, 3.05) is 17.1 Å². The summed E-state index contributed by atoms with van der Waals surface area (Å²) in [6.07, 6.45) is 2.95. The number of hydrogen-bond acceptors (Lipinski definition) is 4. The van der Waals surface area contributed by atoms with Crippen LogP contribution in [-0.4, -0.2) is 50.0 Å². The lowest BCUT2D eigenvalue weighted by atomic mass is 10.0. The fraction of sp³-hybridized carbons (Fsp3) is 0.375. The monoisotopic (exact) mass is 563 g/mol. The summed E-state index contributed by atoms with van der Waals surface area (Å²) in [6, 6.07) is 23.5. The molecule has 0 heterocycles. The van der Waals surface area contributed by atoms with Gasteiger partial charge in [-0.1, -0.05) is 80.6 Å². The van der Waals surface area contributed by atoms with E-state index in [1.807, 2.05) is 94.4 Å². The van der Waals surface area contributed by atoms with Crippen LogP contribution in [-0.2, 0) is 39.0 Å². The van der Waals surface area contributed by atoms with Crippen molar-refractivity contribution in [3.8, 4) is 0 Å². The zero-order chi connectivity index (χ0) is 29.3. The van der Waals surface area contributed by atoms with Gasteiger partial charge in [-0.25, -0.2) is 8.42 Å². The average Bonchev–Trinajstić information content (AvgIpc) is 2.94. The largest absolute Gasteiger partial charge is 0.352 e. The number of sulfonamides is 1. The van der Waals surface area contributed by atoms with Gasteiger partial charge in [0.2, 0.25) is 21.8 Å². The Hall–Kier alpha value is -3.65. The van der Waals surface area contributed by atoms with Crippen LogP contribution in [0.25, 0.3) is 0 Å². The molecule has 0 aromatic heterocycles. The van der Waals surface area contributed by atoms with E-state index in [1.165, 1.54) is 4.90 Å². The SMILES string of the molecule is CCc1ccc(N(CC(=O)N(Cc2ccccc2C)[C@@H](Cc2ccccc2)C(=O)N[C@@H](C)CC)S(C)(=O)=O)cc1. The van der Waals surface area contributed by atoms with Crippen LogP contribution in [0, 0.1) is 6.92 Å². The fourth-order valence-electron chi connectivity index (χ4n) is 4.48. The average molecular weight is 564 g/mol. The topological polar surface area (TPSA) is 86.8 Å². The van der Waals surface area contributed by atoms with Crippen LogP contribution >= 0.6 is 0 Å². The van der Waals surface area contributed by atoms with Gasteiger partial charge in [0.05, 0.1) is 11.9 Å². The maximum absolute atomic E-state index is 14.1. The lowest BCUT2D eigenvalue weighted by molar-refractivity contribution is -0.140. The third-order valence-corrected chi connectivity index (χ3v) is 8.33. The van der Waals surface area contributed by atoms with Crippen LogP contribution in [0.1, 0.15) is 49.4 Å². The van der Waals surface area contributed by atoms with Gasteiger partial charge in [0.15, 0.2) is 0 Å². The molecule has 0 aliphatic rings. The standard InChI is InChI=1S/C32H41N3O4S/c1-6-25(4)33-32(37)30(21-27-14-9-8-10-15-27)34(22-28-16-12-11-13-24(28)3)31(36)23-35(40(5,38)39)29-19-17-26(7-2)18-20-29/h8-20,25,30H,6-7,21-23H2,1-5H3,(H,33,37)/t25-,30-/m0/s1. The molecule has 0 aliphatic heterocycles. The van der Waals surface area contributed by atoms with E-state index in [4.69, 9.17) is 0 Å². The normalized spacial score (nSPS) is 12.8. The van der Waals surface area contributed by atoms with Crippen molar-refractivity contribution in [2.45, 2.75) is 65.6 Å². The van der Waals surface area contributed by atoms with Gasteiger partial charge in [-0.05, 0) is 61.1 Å². The molecule has 7 nitrogen and oxygen atoms in total. The summed E-state index contributed by atoms with van der Waals surface area (Å²) >= 11 is 0. The Kier molecular flexibility index (Phi) is 10.9. The van der Waals surface area contributed by atoms with E-state index in [-0.39, 0.29) is 18.5 Å². The summed E-state index contributed by atoms with van der Waals surface area (Å²) in [5.74, 6) is -0.716. The number of nitrogens with one attached hydrogen (secondary N) is 1. The summed E-state index contributed by atoms with van der Waals surface area (Å²) in [4.78, 5) is 29.4. The Labute approximate surface area is 239 Å². The molecule has 8 heteroatoms. The Bertz CT molecular complexity index is 1370. The molecular weight excluding hydrogens is 522 g/mol. The molecule has 0 bridgehead atoms. The second kappa shape index (κ2) is 14.1. The molecule has 0 aliphatic carbocycles. The van der Waals surface area contributed by atoms with Gasteiger partial charge < -0.3 is 10.2 Å². The first kappa shape index (κ1) is 30.9. The molecule has 3 aromatic carbocycles. The highest BCUT2D eigenvalue weighted by Gasteiger charge is 2.33. The van der Waals surface area contributed by atoms with Gasteiger partial charge in [-0.3, -0.25) is 13.9 Å². The number of amides is 2. The quantitative estimate of drug-likeness (QED) is 0.321. The maximum Gasteiger partial charge on any atom is 0.244 e. The third-order valence-electron chi connectivity index (χ3n) is 7.19. The van der Waals surface area contributed by atoms with E-state index in [0.717, 1.165) is 45.7 Å². The van der Waals surface area contributed by atoms with Gasteiger partial charge in [0.25, 0.3) is 0 Å². The molecule has 0 fully saturated rings. The minimum absolute atomic E-state index is 0.0780. The van der Waals surface area contributed by atoms with Crippen molar-refractivity contribution in [2.24, 2.45) is 0 Å². The zero-order valence-electron chi connectivity index (χ0n) is 24.1. The van der Waals surface area contributed by atoms with Crippen LogP contribution in [0.2, 0.25) is 0 Å². The summed E-state index contributed by atoms with van der Waals surface area (Å²) in [6.45, 7) is 7.65. The zero-order valence-corrected chi connectivity index (χ0v) is 24.9. The Morgan fingerprint density at radius 1 is 0.875 bits per heavy atom. The number of rotatable bonds is 13. The van der Waals surface area contributed by atoms with Crippen LogP contribution in [0.5, 0.6) is 0 Å². The first-order valence-electron chi connectivity index (χ1n) is 13.8. The van der Waals surface area contributed by atoms with E-state index < -0.39 is 28.5 Å². The molecule has 40 heavy (non-hydrogen) atoms. The summed E-state index contributed by atoms with van der Waals surface area (Å²) in [7, 11) is -3.79. The van der Waals surface area contributed by atoms with Crippen LogP contribution in [0.4, 0.5) is 5.69 Å². The Morgan fingerprint density at radius 3 is 2.08 bits per heavy atom. The van der Waals surface area contributed by atoms with E-state index in [2.05, 4.69) is 5.32 Å². The van der Waals surface area contributed by atoms with Crippen molar-refractivity contribution in [3.63, 3.8) is 0 Å². The Balaban J connectivity index is 2.06. The second-order valence-electron chi connectivity index (χ2n) is 10.3. The number of aryl methyl sites for hydroxylation is 2. The minimum atomic E-state index is -3.79. The van der Waals surface area contributed by atoms with E-state index >= 15 is 0 Å². The fourth-order valence-corrected chi connectivity index (χ4v) is 5.33. The lowest BCUT2D eigenvalue weighted by Gasteiger charge is -2.34. The number of anilines is 1. The number of carbonyl (C=O) groups is 2. The van der Waals surface area contributed by atoms with Crippen molar-refractivity contribution in [1.82, 2.24) is 10.2 Å². The van der Waals surface area contributed by atoms with Gasteiger partial charge in [0, 0.05) is 19.0 Å². The Morgan fingerprint density at radius 2 is 1.50 bits per heavy atom.